The Morgan fingerprint density at radius 3 is 2.86 bits per heavy atom. The number of hydrogen-bond acceptors (Lipinski definition) is 5. The van der Waals surface area contributed by atoms with Gasteiger partial charge in [-0.3, -0.25) is 14.5 Å². The summed E-state index contributed by atoms with van der Waals surface area (Å²) >= 11 is 0. The number of nitrogen functional groups attached to an aromatic ring is 1. The number of para-hydroxylation sites is 1. The Bertz CT molecular complexity index is 1040. The Kier molecular flexibility index (Phi) is 2.17. The summed E-state index contributed by atoms with van der Waals surface area (Å²) in [6.45, 7) is 0. The molecule has 0 unspecified atom stereocenters. The van der Waals surface area contributed by atoms with E-state index in [1.54, 1.807) is 4.68 Å². The number of hydrogen-bond donors (Lipinski definition) is 3. The lowest BCUT2D eigenvalue weighted by Gasteiger charge is -1.91. The van der Waals surface area contributed by atoms with Gasteiger partial charge >= 0.3 is 0 Å². The molecule has 0 spiro atoms. The summed E-state index contributed by atoms with van der Waals surface area (Å²) in [7, 11) is 1.86. The van der Waals surface area contributed by atoms with Gasteiger partial charge < -0.3 is 10.7 Å². The van der Waals surface area contributed by atoms with Crippen LogP contribution in [0.25, 0.3) is 33.6 Å². The van der Waals surface area contributed by atoms with Gasteiger partial charge in [0.1, 0.15) is 5.69 Å². The molecule has 0 atom stereocenters. The van der Waals surface area contributed by atoms with Gasteiger partial charge in [0.2, 0.25) is 5.95 Å². The number of nitrogens with two attached hydrogens (primary N) is 1. The van der Waals surface area contributed by atoms with Gasteiger partial charge in [-0.05, 0) is 6.07 Å². The van der Waals surface area contributed by atoms with Gasteiger partial charge in [0.25, 0.3) is 5.56 Å². The fourth-order valence-electron chi connectivity index (χ4n) is 2.43. The highest BCUT2D eigenvalue weighted by atomic mass is 16.1. The number of aryl methyl sites for hydroxylation is 1. The number of nitrogens with one attached hydrogen (secondary N) is 2. The maximum absolute atomic E-state index is 11.8. The van der Waals surface area contributed by atoms with Crippen molar-refractivity contribution in [2.75, 3.05) is 5.73 Å². The molecule has 0 fully saturated rings. The first-order valence-electron chi connectivity index (χ1n) is 6.31. The molecule has 4 rings (SSSR count). The van der Waals surface area contributed by atoms with Gasteiger partial charge in [0.05, 0.1) is 5.52 Å². The summed E-state index contributed by atoms with van der Waals surface area (Å²) in [6, 6.07) is 7.80. The average molecular weight is 281 g/mol. The van der Waals surface area contributed by atoms with Crippen LogP contribution in [0.1, 0.15) is 0 Å². The second-order valence-electron chi connectivity index (χ2n) is 4.72. The highest BCUT2D eigenvalue weighted by molar-refractivity contribution is 5.93. The molecule has 3 heterocycles. The van der Waals surface area contributed by atoms with E-state index in [1.807, 2.05) is 31.3 Å². The van der Waals surface area contributed by atoms with E-state index in [1.165, 1.54) is 0 Å². The number of fused-ring (bicyclic) bond motifs is 2. The molecule has 21 heavy (non-hydrogen) atoms. The van der Waals surface area contributed by atoms with E-state index < -0.39 is 0 Å². The van der Waals surface area contributed by atoms with E-state index in [-0.39, 0.29) is 22.7 Å². The second kappa shape index (κ2) is 3.92. The molecule has 0 aliphatic rings. The van der Waals surface area contributed by atoms with Crippen molar-refractivity contribution in [3.05, 3.63) is 34.6 Å². The molecule has 0 radical (unpaired) electrons. The van der Waals surface area contributed by atoms with Crippen molar-refractivity contribution in [1.29, 1.82) is 0 Å². The summed E-state index contributed by atoms with van der Waals surface area (Å²) in [5, 5.41) is 5.41. The second-order valence-corrected chi connectivity index (χ2v) is 4.72. The highest BCUT2D eigenvalue weighted by Gasteiger charge is 2.16. The van der Waals surface area contributed by atoms with Crippen molar-refractivity contribution < 1.29 is 0 Å². The maximum Gasteiger partial charge on any atom is 0.278 e. The van der Waals surface area contributed by atoms with Crippen molar-refractivity contribution in [3.63, 3.8) is 0 Å². The lowest BCUT2D eigenvalue weighted by Crippen LogP contribution is -2.10. The molecule has 0 aliphatic heterocycles. The van der Waals surface area contributed by atoms with Crippen molar-refractivity contribution in [2.45, 2.75) is 0 Å². The molecular weight excluding hydrogens is 270 g/mol. The molecule has 0 saturated carbocycles. The standard InChI is InChI=1S/C13H11N7O/c1-20-7-5-3-2-4-6(7)8(19-20)10-15-9-11(16-10)17-13(14)18-12(9)21/h2-5H,1H3,(H4,14,15,16,17,18,21). The smallest absolute Gasteiger partial charge is 0.278 e. The first kappa shape index (κ1) is 11.6. The molecule has 4 aromatic rings. The number of imidazole rings is 1. The zero-order valence-electron chi connectivity index (χ0n) is 11.1. The van der Waals surface area contributed by atoms with E-state index in [9.17, 15) is 4.79 Å². The Balaban J connectivity index is 2.05. The molecule has 0 aliphatic carbocycles. The Hall–Kier alpha value is -3.16. The number of H-pyrrole nitrogens is 2. The lowest BCUT2D eigenvalue weighted by atomic mass is 10.2. The van der Waals surface area contributed by atoms with E-state index in [4.69, 9.17) is 5.73 Å². The minimum atomic E-state index is -0.350. The molecular formula is C13H11N7O. The predicted octanol–water partition coefficient (Wildman–Crippen LogP) is 0.782. The van der Waals surface area contributed by atoms with Crippen LogP contribution in [0.4, 0.5) is 5.95 Å². The van der Waals surface area contributed by atoms with Crippen LogP contribution in [-0.4, -0.2) is 29.7 Å². The van der Waals surface area contributed by atoms with Crippen LogP contribution in [0.3, 0.4) is 0 Å². The lowest BCUT2D eigenvalue weighted by molar-refractivity contribution is 0.798. The first-order valence-corrected chi connectivity index (χ1v) is 6.31. The first-order chi connectivity index (χ1) is 10.1. The number of aromatic nitrogens is 6. The van der Waals surface area contributed by atoms with Crippen LogP contribution in [-0.2, 0) is 7.05 Å². The van der Waals surface area contributed by atoms with Crippen LogP contribution >= 0.6 is 0 Å². The summed E-state index contributed by atoms with van der Waals surface area (Å²) in [5.74, 6) is 0.529. The van der Waals surface area contributed by atoms with Gasteiger partial charge in [0.15, 0.2) is 17.0 Å². The zero-order chi connectivity index (χ0) is 14.6. The van der Waals surface area contributed by atoms with Crippen LogP contribution in [0.2, 0.25) is 0 Å². The molecule has 104 valence electrons. The normalized spacial score (nSPS) is 11.5. The SMILES string of the molecule is Cn1nc(-c2nc3nc(N)[nH]c(=O)c3[nH]2)c2ccccc21. The summed E-state index contributed by atoms with van der Waals surface area (Å²) in [4.78, 5) is 25.6. The fraction of sp³-hybridized carbons (Fsp3) is 0.0769. The van der Waals surface area contributed by atoms with Crippen molar-refractivity contribution >= 4 is 28.0 Å². The number of rotatable bonds is 1. The Labute approximate surface area is 117 Å². The molecule has 1 aromatic carbocycles. The molecule has 0 saturated heterocycles. The van der Waals surface area contributed by atoms with Gasteiger partial charge in [-0.15, -0.1) is 0 Å². The Morgan fingerprint density at radius 1 is 1.19 bits per heavy atom. The summed E-state index contributed by atoms with van der Waals surface area (Å²) in [6.07, 6.45) is 0. The van der Waals surface area contributed by atoms with Crippen LogP contribution < -0.4 is 11.3 Å². The predicted molar refractivity (Wildman–Crippen MR) is 78.6 cm³/mol. The third kappa shape index (κ3) is 1.62. The topological polar surface area (TPSA) is 118 Å². The number of aromatic amines is 2. The molecule has 3 aromatic heterocycles. The monoisotopic (exact) mass is 281 g/mol. The molecule has 0 amide bonds. The third-order valence-electron chi connectivity index (χ3n) is 3.36. The van der Waals surface area contributed by atoms with E-state index >= 15 is 0 Å². The molecule has 8 nitrogen and oxygen atoms in total. The maximum atomic E-state index is 11.8. The fourth-order valence-corrected chi connectivity index (χ4v) is 2.43. The van der Waals surface area contributed by atoms with Crippen molar-refractivity contribution in [1.82, 2.24) is 29.7 Å². The summed E-state index contributed by atoms with van der Waals surface area (Å²) in [5.41, 5.74) is 7.39. The minimum Gasteiger partial charge on any atom is -0.369 e. The quantitative estimate of drug-likeness (QED) is 0.476. The van der Waals surface area contributed by atoms with Crippen molar-refractivity contribution in [2.24, 2.45) is 7.05 Å². The highest BCUT2D eigenvalue weighted by Crippen LogP contribution is 2.26. The average Bonchev–Trinajstić information content (AvgIpc) is 3.01. The van der Waals surface area contributed by atoms with Gasteiger partial charge in [0, 0.05) is 12.4 Å². The zero-order valence-corrected chi connectivity index (χ0v) is 11.1. The minimum absolute atomic E-state index is 0.0384. The van der Waals surface area contributed by atoms with Gasteiger partial charge in [-0.25, -0.2) is 4.98 Å². The van der Waals surface area contributed by atoms with Crippen LogP contribution in [0.15, 0.2) is 29.1 Å². The van der Waals surface area contributed by atoms with E-state index in [2.05, 4.69) is 25.0 Å². The number of benzene rings is 1. The van der Waals surface area contributed by atoms with Crippen LogP contribution in [0, 0.1) is 0 Å². The molecule has 4 N–H and O–H groups in total. The van der Waals surface area contributed by atoms with Crippen molar-refractivity contribution in [3.8, 4) is 11.5 Å². The number of nitrogens with zero attached hydrogens (tertiary/aromatic N) is 4. The largest absolute Gasteiger partial charge is 0.369 e. The number of anilines is 1. The van der Waals surface area contributed by atoms with E-state index in [0.29, 0.717) is 11.5 Å². The van der Waals surface area contributed by atoms with Gasteiger partial charge in [-0.1, -0.05) is 18.2 Å². The summed E-state index contributed by atoms with van der Waals surface area (Å²) < 4.78 is 1.77. The van der Waals surface area contributed by atoms with E-state index in [0.717, 1.165) is 10.9 Å². The Morgan fingerprint density at radius 2 is 2.00 bits per heavy atom. The molecule has 8 heteroatoms. The van der Waals surface area contributed by atoms with Crippen LogP contribution in [0.5, 0.6) is 0 Å². The molecule has 0 bridgehead atoms. The third-order valence-corrected chi connectivity index (χ3v) is 3.36. The van der Waals surface area contributed by atoms with Gasteiger partial charge in [-0.2, -0.15) is 10.1 Å².